The third-order valence-electron chi connectivity index (χ3n) is 4.78. The number of thioether (sulfide) groups is 1. The first-order valence-corrected chi connectivity index (χ1v) is 10.2. The Morgan fingerprint density at radius 1 is 1.06 bits per heavy atom. The molecule has 0 radical (unpaired) electrons. The zero-order valence-corrected chi connectivity index (χ0v) is 18.2. The van der Waals surface area contributed by atoms with Crippen LogP contribution in [-0.2, 0) is 16.1 Å². The third kappa shape index (κ3) is 5.26. The molecular weight excluding hydrogens is 492 g/mol. The number of halogens is 6. The lowest BCUT2D eigenvalue weighted by molar-refractivity contribution is -0.189. The number of nitrogens with zero attached hydrogens (tertiary/aromatic N) is 3. The Balaban J connectivity index is 1.87. The summed E-state index contributed by atoms with van der Waals surface area (Å²) in [4.78, 5) is 42.5. The van der Waals surface area contributed by atoms with Gasteiger partial charge in [-0.2, -0.15) is 26.3 Å². The number of pyridine rings is 1. The van der Waals surface area contributed by atoms with Gasteiger partial charge >= 0.3 is 23.7 Å². The number of hydrogen-bond acceptors (Lipinski definition) is 6. The second kappa shape index (κ2) is 8.81. The van der Waals surface area contributed by atoms with Crippen LogP contribution in [0.3, 0.4) is 0 Å². The monoisotopic (exact) mass is 507 g/mol. The van der Waals surface area contributed by atoms with Gasteiger partial charge in [0.1, 0.15) is 5.54 Å². The number of ether oxygens (including phenoxy) is 1. The van der Waals surface area contributed by atoms with Crippen LogP contribution in [0.2, 0.25) is 0 Å². The van der Waals surface area contributed by atoms with Crippen LogP contribution in [0.15, 0.2) is 47.6 Å². The second-order valence-corrected chi connectivity index (χ2v) is 8.62. The first-order valence-electron chi connectivity index (χ1n) is 9.35. The molecule has 0 unspecified atom stereocenters. The quantitative estimate of drug-likeness (QED) is 0.248. The number of carbonyl (C=O) groups is 3. The van der Waals surface area contributed by atoms with E-state index in [9.17, 15) is 40.7 Å². The fourth-order valence-corrected chi connectivity index (χ4v) is 3.62. The maximum absolute atomic E-state index is 13.1. The van der Waals surface area contributed by atoms with Crippen LogP contribution in [0.1, 0.15) is 19.4 Å². The number of anilines is 1. The van der Waals surface area contributed by atoms with Gasteiger partial charge in [0.25, 0.3) is 5.91 Å². The topological polar surface area (TPSA) is 79.8 Å². The number of aromatic nitrogens is 1. The standard InChI is InChI=1S/C20H15F6N3O4S/c1-18(2)15(30)29(12-3-5-13(6-4-12)34-20(24,25)26)17(32)28(18)10-11-7-8-27-9-14(11)33-16(31)19(21,22)23/h3-9H,10H2,1-2H3. The molecule has 2 heterocycles. The summed E-state index contributed by atoms with van der Waals surface area (Å²) in [6.07, 6.45) is -3.20. The molecule has 1 saturated heterocycles. The van der Waals surface area contributed by atoms with Gasteiger partial charge in [0.15, 0.2) is 5.75 Å². The van der Waals surface area contributed by atoms with E-state index in [1.165, 1.54) is 38.2 Å². The molecule has 2 aromatic rings. The number of carbonyl (C=O) groups excluding carboxylic acids is 3. The number of amides is 3. The van der Waals surface area contributed by atoms with Gasteiger partial charge in [-0.1, -0.05) is 0 Å². The average molecular weight is 507 g/mol. The molecule has 1 aliphatic rings. The largest absolute Gasteiger partial charge is 0.491 e. The molecule has 3 amide bonds. The van der Waals surface area contributed by atoms with Crippen molar-refractivity contribution in [1.29, 1.82) is 0 Å². The Hall–Kier alpha value is -3.29. The number of hydrogen-bond donors (Lipinski definition) is 0. The Morgan fingerprint density at radius 2 is 1.68 bits per heavy atom. The summed E-state index contributed by atoms with van der Waals surface area (Å²) in [6.45, 7) is 2.37. The molecule has 34 heavy (non-hydrogen) atoms. The molecule has 0 atom stereocenters. The molecule has 0 aliphatic carbocycles. The lowest BCUT2D eigenvalue weighted by Gasteiger charge is -2.28. The Labute approximate surface area is 192 Å². The molecule has 3 rings (SSSR count). The van der Waals surface area contributed by atoms with Crippen molar-refractivity contribution in [3.05, 3.63) is 48.3 Å². The van der Waals surface area contributed by atoms with Gasteiger partial charge in [-0.05, 0) is 55.9 Å². The number of imide groups is 1. The SMILES string of the molecule is CC1(C)C(=O)N(c2ccc(SC(F)(F)F)cc2)C(=O)N1Cc1ccncc1OC(=O)C(F)(F)F. The highest BCUT2D eigenvalue weighted by Crippen LogP contribution is 2.39. The van der Waals surface area contributed by atoms with Crippen molar-refractivity contribution in [2.75, 3.05) is 4.90 Å². The van der Waals surface area contributed by atoms with E-state index in [0.29, 0.717) is 0 Å². The second-order valence-electron chi connectivity index (χ2n) is 7.48. The van der Waals surface area contributed by atoms with E-state index in [-0.39, 0.29) is 27.9 Å². The van der Waals surface area contributed by atoms with E-state index in [2.05, 4.69) is 9.72 Å². The normalized spacial score (nSPS) is 16.2. The highest BCUT2D eigenvalue weighted by Gasteiger charge is 2.52. The Bertz CT molecular complexity index is 1120. The maximum atomic E-state index is 13.1. The fourth-order valence-electron chi connectivity index (χ4n) is 3.08. The summed E-state index contributed by atoms with van der Waals surface area (Å²) in [7, 11) is 0. The average Bonchev–Trinajstić information content (AvgIpc) is 2.88. The zero-order valence-electron chi connectivity index (χ0n) is 17.4. The van der Waals surface area contributed by atoms with Crippen molar-refractivity contribution in [3.63, 3.8) is 0 Å². The number of rotatable bonds is 5. The number of urea groups is 1. The minimum Gasteiger partial charge on any atom is -0.418 e. The molecule has 0 spiro atoms. The van der Waals surface area contributed by atoms with Crippen LogP contribution in [0.5, 0.6) is 5.75 Å². The highest BCUT2D eigenvalue weighted by atomic mass is 32.2. The Kier molecular flexibility index (Phi) is 6.57. The van der Waals surface area contributed by atoms with Crippen LogP contribution in [0.4, 0.5) is 36.8 Å². The van der Waals surface area contributed by atoms with E-state index < -0.39 is 47.4 Å². The maximum Gasteiger partial charge on any atom is 0.491 e. The lowest BCUT2D eigenvalue weighted by atomic mass is 10.0. The van der Waals surface area contributed by atoms with Gasteiger partial charge in [-0.3, -0.25) is 9.78 Å². The molecule has 0 bridgehead atoms. The van der Waals surface area contributed by atoms with E-state index >= 15 is 0 Å². The first-order chi connectivity index (χ1) is 15.6. The van der Waals surface area contributed by atoms with Crippen molar-refractivity contribution in [1.82, 2.24) is 9.88 Å². The third-order valence-corrected chi connectivity index (χ3v) is 5.52. The van der Waals surface area contributed by atoms with Gasteiger partial charge in [0.05, 0.1) is 18.4 Å². The molecule has 1 aliphatic heterocycles. The summed E-state index contributed by atoms with van der Waals surface area (Å²) < 4.78 is 79.8. The molecule has 0 saturated carbocycles. The Morgan fingerprint density at radius 3 is 2.24 bits per heavy atom. The number of alkyl halides is 6. The number of esters is 1. The van der Waals surface area contributed by atoms with Crippen molar-refractivity contribution in [3.8, 4) is 5.75 Å². The van der Waals surface area contributed by atoms with Crippen molar-refractivity contribution in [2.24, 2.45) is 0 Å². The predicted molar refractivity (Wildman–Crippen MR) is 107 cm³/mol. The summed E-state index contributed by atoms with van der Waals surface area (Å²) in [5.74, 6) is -3.74. The predicted octanol–water partition coefficient (Wildman–Crippen LogP) is 4.91. The zero-order chi connectivity index (χ0) is 25.5. The molecule has 1 aromatic heterocycles. The van der Waals surface area contributed by atoms with Crippen molar-refractivity contribution < 1.29 is 45.5 Å². The van der Waals surface area contributed by atoms with Crippen LogP contribution in [0, 0.1) is 0 Å². The van der Waals surface area contributed by atoms with Gasteiger partial charge < -0.3 is 9.64 Å². The molecule has 182 valence electrons. The van der Waals surface area contributed by atoms with Gasteiger partial charge in [-0.15, -0.1) is 0 Å². The van der Waals surface area contributed by atoms with Gasteiger partial charge in [0, 0.05) is 16.7 Å². The van der Waals surface area contributed by atoms with Crippen LogP contribution < -0.4 is 9.64 Å². The summed E-state index contributed by atoms with van der Waals surface area (Å²) in [6, 6.07) is 4.90. The summed E-state index contributed by atoms with van der Waals surface area (Å²) >= 11 is -0.362. The minimum atomic E-state index is -5.26. The highest BCUT2D eigenvalue weighted by molar-refractivity contribution is 8.00. The lowest BCUT2D eigenvalue weighted by Crippen LogP contribution is -2.43. The van der Waals surface area contributed by atoms with Gasteiger partial charge in [-0.25, -0.2) is 14.5 Å². The van der Waals surface area contributed by atoms with Crippen molar-refractivity contribution in [2.45, 2.75) is 42.5 Å². The van der Waals surface area contributed by atoms with Crippen LogP contribution in [0.25, 0.3) is 0 Å². The van der Waals surface area contributed by atoms with E-state index in [0.717, 1.165) is 28.1 Å². The molecule has 1 aromatic carbocycles. The molecule has 7 nitrogen and oxygen atoms in total. The minimum absolute atomic E-state index is 0.00977. The van der Waals surface area contributed by atoms with Crippen LogP contribution >= 0.6 is 11.8 Å². The molecule has 1 fully saturated rings. The fraction of sp³-hybridized carbons (Fsp3) is 0.300. The summed E-state index contributed by atoms with van der Waals surface area (Å²) in [5, 5.41) is 0. The molecule has 14 heteroatoms. The molecular formula is C20H15F6N3O4S. The van der Waals surface area contributed by atoms with E-state index in [1.807, 2.05) is 0 Å². The van der Waals surface area contributed by atoms with E-state index in [4.69, 9.17) is 0 Å². The summed E-state index contributed by atoms with van der Waals surface area (Å²) in [5.41, 5.74) is -6.02. The first kappa shape index (κ1) is 25.3. The van der Waals surface area contributed by atoms with Crippen molar-refractivity contribution >= 4 is 35.4 Å². The van der Waals surface area contributed by atoms with Crippen LogP contribution in [-0.4, -0.2) is 45.0 Å². The van der Waals surface area contributed by atoms with E-state index in [1.54, 1.807) is 0 Å². The number of benzene rings is 1. The smallest absolute Gasteiger partial charge is 0.418 e. The molecule has 0 N–H and O–H groups in total. The van der Waals surface area contributed by atoms with Gasteiger partial charge in [0.2, 0.25) is 0 Å².